The Morgan fingerprint density at radius 3 is 2.71 bits per heavy atom. The fourth-order valence-electron chi connectivity index (χ4n) is 4.68. The number of likely N-dealkylation sites (tertiary alicyclic amines) is 1. The highest BCUT2D eigenvalue weighted by atomic mass is 32.2. The molecule has 0 aliphatic carbocycles. The molecule has 0 radical (unpaired) electrons. The molecule has 3 aromatic rings. The molecule has 1 fully saturated rings. The average Bonchev–Trinajstić information content (AvgIpc) is 3.14. The molecule has 1 N–H and O–H groups in total. The van der Waals surface area contributed by atoms with E-state index in [1.54, 1.807) is 4.90 Å². The minimum Gasteiger partial charge on any atom is -0.447 e. The molecule has 2 aromatic carbocycles. The zero-order valence-electron chi connectivity index (χ0n) is 20.1. The molecule has 0 saturated carbocycles. The van der Waals surface area contributed by atoms with Crippen LogP contribution in [0, 0.1) is 0 Å². The molecular formula is C25H32N4O4S. The standard InChI is InChI=1S/C25H32N4O4S/c1-17(2)33-25(30)29-12-6-9-22(27-34(4,31)32)24(29)14-18-7-5-8-19(13-18)20-10-11-23-21(15-20)16-26-28(23)3/h5,7-8,10-11,13,15-17,22,24,27H,6,9,12,14H2,1-4H3/t22-,24-/m1/s1. The minimum absolute atomic E-state index is 0.248. The third kappa shape index (κ3) is 5.59. The first-order valence-electron chi connectivity index (χ1n) is 11.6. The largest absolute Gasteiger partial charge is 0.447 e. The lowest BCUT2D eigenvalue weighted by molar-refractivity contribution is 0.0461. The fourth-order valence-corrected chi connectivity index (χ4v) is 5.51. The van der Waals surface area contributed by atoms with Crippen LogP contribution >= 0.6 is 0 Å². The zero-order chi connectivity index (χ0) is 24.5. The van der Waals surface area contributed by atoms with Crippen LogP contribution in [-0.2, 0) is 28.2 Å². The molecule has 1 saturated heterocycles. The summed E-state index contributed by atoms with van der Waals surface area (Å²) in [4.78, 5) is 14.5. The van der Waals surface area contributed by atoms with Gasteiger partial charge in [-0.15, -0.1) is 0 Å². The molecule has 1 amide bonds. The van der Waals surface area contributed by atoms with Crippen molar-refractivity contribution in [3.05, 3.63) is 54.2 Å². The highest BCUT2D eigenvalue weighted by molar-refractivity contribution is 7.88. The monoisotopic (exact) mass is 484 g/mol. The first kappa shape index (κ1) is 24.2. The third-order valence-corrected chi connectivity index (χ3v) is 6.90. The van der Waals surface area contributed by atoms with E-state index in [1.807, 2.05) is 43.9 Å². The van der Waals surface area contributed by atoms with Crippen molar-refractivity contribution in [3.63, 3.8) is 0 Å². The van der Waals surface area contributed by atoms with Crippen LogP contribution in [0.4, 0.5) is 4.79 Å². The summed E-state index contributed by atoms with van der Waals surface area (Å²) in [6.07, 6.45) is 4.25. The number of rotatable bonds is 6. The van der Waals surface area contributed by atoms with Gasteiger partial charge >= 0.3 is 6.09 Å². The van der Waals surface area contributed by atoms with Gasteiger partial charge in [0.05, 0.1) is 30.1 Å². The Hall–Kier alpha value is -2.91. The number of nitrogens with one attached hydrogen (secondary N) is 1. The number of piperidine rings is 1. The summed E-state index contributed by atoms with van der Waals surface area (Å²) in [5.41, 5.74) is 4.23. The molecular weight excluding hydrogens is 452 g/mol. The summed E-state index contributed by atoms with van der Waals surface area (Å²) in [5, 5.41) is 5.39. The van der Waals surface area contributed by atoms with Crippen LogP contribution in [0.3, 0.4) is 0 Å². The molecule has 1 aliphatic rings. The second kappa shape index (κ2) is 9.76. The topological polar surface area (TPSA) is 93.5 Å². The zero-order valence-corrected chi connectivity index (χ0v) is 20.9. The number of hydrogen-bond acceptors (Lipinski definition) is 5. The van der Waals surface area contributed by atoms with E-state index in [0.29, 0.717) is 25.8 Å². The third-order valence-electron chi connectivity index (χ3n) is 6.17. The van der Waals surface area contributed by atoms with Gasteiger partial charge in [-0.25, -0.2) is 17.9 Å². The van der Waals surface area contributed by atoms with Crippen molar-refractivity contribution in [1.82, 2.24) is 19.4 Å². The van der Waals surface area contributed by atoms with E-state index in [-0.39, 0.29) is 18.2 Å². The number of nitrogens with zero attached hydrogens (tertiary/aromatic N) is 3. The number of carbonyl (C=O) groups is 1. The number of sulfonamides is 1. The Balaban J connectivity index is 1.64. The molecule has 0 bridgehead atoms. The lowest BCUT2D eigenvalue weighted by Gasteiger charge is -2.41. The van der Waals surface area contributed by atoms with Crippen LogP contribution in [0.25, 0.3) is 22.0 Å². The van der Waals surface area contributed by atoms with Gasteiger partial charge in [0.15, 0.2) is 0 Å². The maximum Gasteiger partial charge on any atom is 0.410 e. The lowest BCUT2D eigenvalue weighted by Crippen LogP contribution is -2.58. The quantitative estimate of drug-likeness (QED) is 0.576. The lowest BCUT2D eigenvalue weighted by atomic mass is 9.90. The predicted octanol–water partition coefficient (Wildman–Crippen LogP) is 3.71. The molecule has 1 aromatic heterocycles. The van der Waals surface area contributed by atoms with E-state index < -0.39 is 16.1 Å². The number of carbonyl (C=O) groups excluding carboxylic acids is 1. The Morgan fingerprint density at radius 1 is 1.21 bits per heavy atom. The number of aryl methyl sites for hydroxylation is 1. The highest BCUT2D eigenvalue weighted by Gasteiger charge is 2.37. The van der Waals surface area contributed by atoms with Crippen molar-refractivity contribution in [2.75, 3.05) is 12.8 Å². The molecule has 2 heterocycles. The molecule has 4 rings (SSSR count). The van der Waals surface area contributed by atoms with Crippen LogP contribution in [0.15, 0.2) is 48.7 Å². The Kier molecular flexibility index (Phi) is 6.95. The van der Waals surface area contributed by atoms with Crippen molar-refractivity contribution in [1.29, 1.82) is 0 Å². The van der Waals surface area contributed by atoms with Gasteiger partial charge in [0.2, 0.25) is 10.0 Å². The molecule has 0 unspecified atom stereocenters. The van der Waals surface area contributed by atoms with Gasteiger partial charge in [-0.05, 0) is 61.9 Å². The molecule has 2 atom stereocenters. The van der Waals surface area contributed by atoms with E-state index in [0.717, 1.165) is 33.8 Å². The fraction of sp³-hybridized carbons (Fsp3) is 0.440. The molecule has 182 valence electrons. The summed E-state index contributed by atoms with van der Waals surface area (Å²) in [7, 11) is -1.51. The van der Waals surface area contributed by atoms with Crippen molar-refractivity contribution in [2.45, 2.75) is 51.3 Å². The molecule has 34 heavy (non-hydrogen) atoms. The second-order valence-corrected chi connectivity index (χ2v) is 11.1. The van der Waals surface area contributed by atoms with E-state index in [4.69, 9.17) is 4.74 Å². The van der Waals surface area contributed by atoms with E-state index in [9.17, 15) is 13.2 Å². The number of fused-ring (bicyclic) bond motifs is 1. The number of amides is 1. The minimum atomic E-state index is -3.43. The first-order chi connectivity index (χ1) is 16.1. The van der Waals surface area contributed by atoms with E-state index in [1.165, 1.54) is 0 Å². The van der Waals surface area contributed by atoms with Crippen molar-refractivity contribution in [3.8, 4) is 11.1 Å². The molecule has 9 heteroatoms. The van der Waals surface area contributed by atoms with Crippen molar-refractivity contribution < 1.29 is 17.9 Å². The van der Waals surface area contributed by atoms with Crippen LogP contribution in [0.1, 0.15) is 32.3 Å². The smallest absolute Gasteiger partial charge is 0.410 e. The summed E-state index contributed by atoms with van der Waals surface area (Å²) < 4.78 is 34.2. The average molecular weight is 485 g/mol. The number of benzene rings is 2. The molecule has 0 spiro atoms. The van der Waals surface area contributed by atoms with Gasteiger partial charge in [-0.1, -0.05) is 30.3 Å². The van der Waals surface area contributed by atoms with Gasteiger partial charge in [0.1, 0.15) is 0 Å². The summed E-state index contributed by atoms with van der Waals surface area (Å²) in [6.45, 7) is 4.16. The van der Waals surface area contributed by atoms with Gasteiger partial charge in [0.25, 0.3) is 0 Å². The number of aromatic nitrogens is 2. The molecule has 8 nitrogen and oxygen atoms in total. The maximum absolute atomic E-state index is 12.9. The van der Waals surface area contributed by atoms with E-state index in [2.05, 4.69) is 40.2 Å². The number of ether oxygens (including phenoxy) is 1. The van der Waals surface area contributed by atoms with E-state index >= 15 is 0 Å². The Morgan fingerprint density at radius 2 is 1.97 bits per heavy atom. The Bertz CT molecular complexity index is 1290. The van der Waals surface area contributed by atoms with Crippen LogP contribution in [-0.4, -0.2) is 60.2 Å². The predicted molar refractivity (Wildman–Crippen MR) is 133 cm³/mol. The SMILES string of the molecule is CC(C)OC(=O)N1CCC[C@@H](NS(C)(=O)=O)[C@H]1Cc1cccc(-c2ccc3c(cnn3C)c2)c1. The second-order valence-electron chi connectivity index (χ2n) is 9.28. The van der Waals surface area contributed by atoms with Crippen LogP contribution in [0.5, 0.6) is 0 Å². The normalized spacial score (nSPS) is 19.0. The molecule has 1 aliphatic heterocycles. The van der Waals surface area contributed by atoms with Gasteiger partial charge < -0.3 is 9.64 Å². The summed E-state index contributed by atoms with van der Waals surface area (Å²) >= 11 is 0. The maximum atomic E-state index is 12.9. The highest BCUT2D eigenvalue weighted by Crippen LogP contribution is 2.28. The van der Waals surface area contributed by atoms with Crippen molar-refractivity contribution in [2.24, 2.45) is 7.05 Å². The van der Waals surface area contributed by atoms with Crippen molar-refractivity contribution >= 4 is 27.0 Å². The first-order valence-corrected chi connectivity index (χ1v) is 13.5. The summed E-state index contributed by atoms with van der Waals surface area (Å²) in [5.74, 6) is 0. The van der Waals surface area contributed by atoms with Crippen LogP contribution < -0.4 is 4.72 Å². The van der Waals surface area contributed by atoms with Gasteiger partial charge in [0, 0.05) is 25.0 Å². The Labute approximate surface area is 200 Å². The van der Waals surface area contributed by atoms with Gasteiger partial charge in [-0.3, -0.25) is 4.68 Å². The van der Waals surface area contributed by atoms with Gasteiger partial charge in [-0.2, -0.15) is 5.10 Å². The number of hydrogen-bond donors (Lipinski definition) is 1. The van der Waals surface area contributed by atoms with Crippen LogP contribution in [0.2, 0.25) is 0 Å². The summed E-state index contributed by atoms with van der Waals surface area (Å²) in [6, 6.07) is 13.7.